The number of carbonyl (C=O) groups is 3. The third-order valence-electron chi connectivity index (χ3n) is 15.2. The first-order valence-corrected chi connectivity index (χ1v) is 19.3. The third-order valence-corrected chi connectivity index (χ3v) is 15.2. The second kappa shape index (κ2) is 12.4. The van der Waals surface area contributed by atoms with Gasteiger partial charge in [0.1, 0.15) is 17.8 Å². The minimum absolute atomic E-state index is 0.00295. The number of allylic oxidation sites excluding steroid dienone is 1. The van der Waals surface area contributed by atoms with Gasteiger partial charge in [0.2, 0.25) is 6.54 Å². The summed E-state index contributed by atoms with van der Waals surface area (Å²) >= 11 is 0. The van der Waals surface area contributed by atoms with Gasteiger partial charge in [-0.2, -0.15) is 0 Å². The molecule has 0 saturated heterocycles. The van der Waals surface area contributed by atoms with Crippen LogP contribution in [-0.4, -0.2) is 52.1 Å². The second-order valence-electron chi connectivity index (χ2n) is 20.3. The Labute approximate surface area is 300 Å². The van der Waals surface area contributed by atoms with E-state index in [1.807, 2.05) is 34.6 Å². The van der Waals surface area contributed by atoms with Crippen molar-refractivity contribution in [1.29, 1.82) is 0 Å². The Kier molecular flexibility index (Phi) is 9.66. The fourth-order valence-corrected chi connectivity index (χ4v) is 12.6. The molecule has 0 bridgehead atoms. The number of carbonyl (C=O) groups excluding carboxylic acids is 3. The number of aliphatic hydroxyl groups is 1. The molecule has 9 heteroatoms. The van der Waals surface area contributed by atoms with Gasteiger partial charge in [0.25, 0.3) is 0 Å². The normalized spacial score (nSPS) is 38.8. The number of hydrogen-bond donors (Lipinski definition) is 1. The molecule has 5 aliphatic rings. The van der Waals surface area contributed by atoms with Gasteiger partial charge in [0, 0.05) is 22.2 Å². The highest BCUT2D eigenvalue weighted by atomic mass is 16.6. The van der Waals surface area contributed by atoms with Gasteiger partial charge in [-0.15, -0.1) is 0 Å². The van der Waals surface area contributed by atoms with Crippen LogP contribution in [0.25, 0.3) is 0 Å². The Balaban J connectivity index is 1.41. The van der Waals surface area contributed by atoms with Crippen LogP contribution in [0.3, 0.4) is 0 Å². The first kappa shape index (κ1) is 38.9. The number of aliphatic hydroxyl groups excluding tert-OH is 1. The zero-order chi connectivity index (χ0) is 37.6. The van der Waals surface area contributed by atoms with Gasteiger partial charge in [-0.25, -0.2) is 0 Å². The summed E-state index contributed by atoms with van der Waals surface area (Å²) in [6.07, 6.45) is 5.78. The topological polar surface area (TPSA) is 133 Å². The number of nitrogens with zero attached hydrogens (tertiary/aromatic N) is 1. The van der Waals surface area contributed by atoms with Crippen molar-refractivity contribution in [1.82, 2.24) is 0 Å². The van der Waals surface area contributed by atoms with Gasteiger partial charge in [-0.05, 0) is 131 Å². The average molecular weight is 700 g/mol. The van der Waals surface area contributed by atoms with Gasteiger partial charge >= 0.3 is 11.9 Å². The van der Waals surface area contributed by atoms with Crippen LogP contribution in [-0.2, 0) is 23.9 Å². The van der Waals surface area contributed by atoms with E-state index in [1.54, 1.807) is 13.8 Å². The highest BCUT2D eigenvalue weighted by Gasteiger charge is 2.71. The highest BCUT2D eigenvalue weighted by Crippen LogP contribution is 2.77. The van der Waals surface area contributed by atoms with Crippen molar-refractivity contribution < 1.29 is 33.9 Å². The summed E-state index contributed by atoms with van der Waals surface area (Å²) in [5.41, 5.74) is -1.00. The largest absolute Gasteiger partial charge is 0.462 e. The van der Waals surface area contributed by atoms with E-state index in [0.717, 1.165) is 56.1 Å². The average Bonchev–Trinajstić information content (AvgIpc) is 3.27. The SMILES string of the molecule is CC(C)C1=C2[C@H]3CC[C@@H]4[C@@]5(C)CC[C@H](OC(=O)CC(C)(C)C(=O)OC(C)(C)C)C(C)(C)[C@@H]5CC[C@@]4(C)[C@]3(C)CC[C@@]2([C@@H](O)C[N+](=O)[O-])CC1=O. The standard InChI is InChI=1S/C41H65NO8/c1-24(2)32-26(43)21-41(29(44)23-42(47)48)20-19-39(11)25(33(32)41)13-14-28-38(10)17-16-30(37(8,9)27(38)15-18-40(28,39)12)49-31(45)22-36(6,7)34(46)50-35(3,4)5/h24-25,27-30,44H,13-23H2,1-12H3/t25-,27+,28-,29+,30+,38+,39-,40-,41+/m1/s1. The van der Waals surface area contributed by atoms with E-state index in [2.05, 4.69) is 34.6 Å². The van der Waals surface area contributed by atoms with Gasteiger partial charge < -0.3 is 14.6 Å². The predicted octanol–water partition coefficient (Wildman–Crippen LogP) is 8.27. The summed E-state index contributed by atoms with van der Waals surface area (Å²) in [5.74, 6) is 0.155. The van der Waals surface area contributed by atoms with Crippen LogP contribution < -0.4 is 0 Å². The number of Topliss-reactive ketones (excluding diaryl/α,β-unsaturated/α-hetero) is 1. The number of rotatable bonds is 8. The molecule has 5 rings (SSSR count). The maximum Gasteiger partial charge on any atom is 0.312 e. The molecule has 1 N–H and O–H groups in total. The van der Waals surface area contributed by atoms with Crippen molar-refractivity contribution in [2.45, 2.75) is 165 Å². The molecule has 0 aromatic heterocycles. The van der Waals surface area contributed by atoms with E-state index in [4.69, 9.17) is 9.47 Å². The lowest BCUT2D eigenvalue weighted by atomic mass is 9.33. The van der Waals surface area contributed by atoms with Gasteiger partial charge in [0.05, 0.1) is 11.8 Å². The maximum atomic E-state index is 13.7. The van der Waals surface area contributed by atoms with E-state index in [1.165, 1.54) is 0 Å². The fraction of sp³-hybridized carbons (Fsp3) is 0.878. The van der Waals surface area contributed by atoms with Crippen LogP contribution >= 0.6 is 0 Å². The molecule has 0 heterocycles. The lowest BCUT2D eigenvalue weighted by Crippen LogP contribution is -2.66. The molecular formula is C41H65NO8. The molecule has 9 atom stereocenters. The highest BCUT2D eigenvalue weighted by molar-refractivity contribution is 6.00. The Morgan fingerprint density at radius 1 is 0.920 bits per heavy atom. The fourth-order valence-electron chi connectivity index (χ4n) is 12.6. The van der Waals surface area contributed by atoms with E-state index >= 15 is 0 Å². The zero-order valence-electron chi connectivity index (χ0n) is 33.0. The van der Waals surface area contributed by atoms with Crippen molar-refractivity contribution in [2.75, 3.05) is 6.54 Å². The van der Waals surface area contributed by atoms with Crippen molar-refractivity contribution in [2.24, 2.45) is 56.2 Å². The Hall–Kier alpha value is -2.29. The van der Waals surface area contributed by atoms with Crippen LogP contribution in [0.1, 0.15) is 147 Å². The quantitative estimate of drug-likeness (QED) is 0.152. The van der Waals surface area contributed by atoms with E-state index in [9.17, 15) is 29.6 Å². The molecular weight excluding hydrogens is 634 g/mol. The lowest BCUT2D eigenvalue weighted by Gasteiger charge is -2.72. The smallest absolute Gasteiger partial charge is 0.312 e. The predicted molar refractivity (Wildman–Crippen MR) is 191 cm³/mol. The van der Waals surface area contributed by atoms with Crippen LogP contribution in [0.15, 0.2) is 11.1 Å². The molecule has 0 aromatic rings. The summed E-state index contributed by atoms with van der Waals surface area (Å²) < 4.78 is 11.9. The molecule has 0 unspecified atom stereocenters. The summed E-state index contributed by atoms with van der Waals surface area (Å²) in [6.45, 7) is 24.4. The third kappa shape index (κ3) is 5.97. The summed E-state index contributed by atoms with van der Waals surface area (Å²) in [7, 11) is 0. The Morgan fingerprint density at radius 3 is 2.14 bits per heavy atom. The van der Waals surface area contributed by atoms with Crippen LogP contribution in [0.2, 0.25) is 0 Å². The number of nitro groups is 1. The lowest BCUT2D eigenvalue weighted by molar-refractivity contribution is -0.494. The minimum atomic E-state index is -1.18. The molecule has 0 aromatic carbocycles. The van der Waals surface area contributed by atoms with E-state index < -0.39 is 40.0 Å². The van der Waals surface area contributed by atoms with Crippen molar-refractivity contribution in [3.8, 4) is 0 Å². The molecule has 282 valence electrons. The van der Waals surface area contributed by atoms with Crippen molar-refractivity contribution >= 4 is 17.7 Å². The first-order valence-electron chi connectivity index (χ1n) is 19.3. The molecule has 0 spiro atoms. The minimum Gasteiger partial charge on any atom is -0.462 e. The molecule has 5 aliphatic carbocycles. The zero-order valence-corrected chi connectivity index (χ0v) is 33.0. The first-order chi connectivity index (χ1) is 22.8. The second-order valence-corrected chi connectivity index (χ2v) is 20.3. The Morgan fingerprint density at radius 2 is 1.56 bits per heavy atom. The van der Waals surface area contributed by atoms with Crippen LogP contribution in [0.4, 0.5) is 0 Å². The summed E-state index contributed by atoms with van der Waals surface area (Å²) in [4.78, 5) is 51.2. The van der Waals surface area contributed by atoms with Crippen molar-refractivity contribution in [3.05, 3.63) is 21.3 Å². The molecule has 0 radical (unpaired) electrons. The van der Waals surface area contributed by atoms with Crippen molar-refractivity contribution in [3.63, 3.8) is 0 Å². The number of fused-ring (bicyclic) bond motifs is 7. The van der Waals surface area contributed by atoms with Gasteiger partial charge in [0.15, 0.2) is 5.78 Å². The molecule has 0 aliphatic heterocycles. The molecule has 0 amide bonds. The monoisotopic (exact) mass is 699 g/mol. The van der Waals surface area contributed by atoms with E-state index in [-0.39, 0.29) is 64.2 Å². The number of ketones is 1. The van der Waals surface area contributed by atoms with Crippen LogP contribution in [0, 0.1) is 66.3 Å². The maximum absolute atomic E-state index is 13.7. The number of esters is 2. The summed E-state index contributed by atoms with van der Waals surface area (Å²) in [5, 5.41) is 23.1. The van der Waals surface area contributed by atoms with E-state index in [0.29, 0.717) is 18.3 Å². The number of ether oxygens (including phenoxy) is 2. The Bertz CT molecular complexity index is 1450. The summed E-state index contributed by atoms with van der Waals surface area (Å²) in [6, 6.07) is 0. The molecule has 9 nitrogen and oxygen atoms in total. The van der Waals surface area contributed by atoms with Gasteiger partial charge in [-0.1, -0.05) is 54.0 Å². The molecule has 4 fully saturated rings. The van der Waals surface area contributed by atoms with Crippen LogP contribution in [0.5, 0.6) is 0 Å². The molecule has 4 saturated carbocycles. The number of hydrogen-bond acceptors (Lipinski definition) is 8. The van der Waals surface area contributed by atoms with Gasteiger partial charge in [-0.3, -0.25) is 24.5 Å². The molecule has 50 heavy (non-hydrogen) atoms.